The van der Waals surface area contributed by atoms with E-state index in [0.29, 0.717) is 0 Å². The van der Waals surface area contributed by atoms with Crippen molar-refractivity contribution in [3.63, 3.8) is 0 Å². The number of thioether (sulfide) groups is 1. The Bertz CT molecular complexity index is 702. The van der Waals surface area contributed by atoms with Crippen molar-refractivity contribution in [2.75, 3.05) is 7.05 Å². The maximum Gasteiger partial charge on any atom is 0.157 e. The first kappa shape index (κ1) is 14.5. The third-order valence-electron chi connectivity index (χ3n) is 2.84. The Morgan fingerprint density at radius 2 is 2.20 bits per heavy atom. The summed E-state index contributed by atoms with van der Waals surface area (Å²) in [4.78, 5) is 3.19. The number of amidine groups is 1. The van der Waals surface area contributed by atoms with Gasteiger partial charge in [-0.05, 0) is 29.3 Å². The van der Waals surface area contributed by atoms with Gasteiger partial charge in [-0.15, -0.1) is 12.6 Å². The molecule has 5 nitrogen and oxygen atoms in total. The molecule has 2 aromatic rings. The molecule has 2 rings (SSSR count). The Morgan fingerprint density at radius 1 is 1.45 bits per heavy atom. The highest BCUT2D eigenvalue weighted by Crippen LogP contribution is 2.26. The van der Waals surface area contributed by atoms with Crippen LogP contribution in [0.3, 0.4) is 0 Å². The van der Waals surface area contributed by atoms with Crippen LogP contribution in [0.5, 0.6) is 0 Å². The van der Waals surface area contributed by atoms with Crippen LogP contribution in [0, 0.1) is 10.8 Å². The van der Waals surface area contributed by atoms with E-state index in [9.17, 15) is 0 Å². The second kappa shape index (κ2) is 6.06. The van der Waals surface area contributed by atoms with E-state index >= 15 is 0 Å². The zero-order valence-corrected chi connectivity index (χ0v) is 12.5. The van der Waals surface area contributed by atoms with Crippen molar-refractivity contribution in [2.45, 2.75) is 0 Å². The molecule has 0 spiro atoms. The maximum atomic E-state index is 7.94. The van der Waals surface area contributed by atoms with Gasteiger partial charge in [-0.3, -0.25) is 10.8 Å². The number of fused-ring (bicyclic) bond motifs is 1. The van der Waals surface area contributed by atoms with Crippen molar-refractivity contribution in [1.29, 1.82) is 10.8 Å². The molecule has 0 fully saturated rings. The maximum absolute atomic E-state index is 7.94. The molecule has 20 heavy (non-hydrogen) atoms. The number of nitrogens with two attached hydrogens (primary N) is 1. The van der Waals surface area contributed by atoms with Gasteiger partial charge in [0.1, 0.15) is 5.04 Å². The van der Waals surface area contributed by atoms with Crippen LogP contribution in [0.25, 0.3) is 16.6 Å². The van der Waals surface area contributed by atoms with E-state index in [4.69, 9.17) is 16.6 Å². The number of aromatic amines is 1. The number of H-pyrrole nitrogens is 1. The topological polar surface area (TPSA) is 102 Å². The molecule has 1 aromatic carbocycles. The molecule has 0 aliphatic carbocycles. The lowest BCUT2D eigenvalue weighted by Crippen LogP contribution is -2.08. The predicted octanol–water partition coefficient (Wildman–Crippen LogP) is 2.57. The third-order valence-corrected chi connectivity index (χ3v) is 3.76. The summed E-state index contributed by atoms with van der Waals surface area (Å²) in [6.07, 6.45) is 1.90. The fourth-order valence-corrected chi connectivity index (χ4v) is 2.66. The van der Waals surface area contributed by atoms with E-state index in [1.807, 2.05) is 31.4 Å². The van der Waals surface area contributed by atoms with Gasteiger partial charge >= 0.3 is 0 Å². The normalized spacial score (nSPS) is 11.6. The third kappa shape index (κ3) is 2.83. The van der Waals surface area contributed by atoms with Crippen LogP contribution in [-0.4, -0.2) is 22.2 Å². The molecule has 0 amide bonds. The first-order valence-electron chi connectivity index (χ1n) is 5.81. The number of aromatic nitrogens is 1. The predicted molar refractivity (Wildman–Crippen MR) is 90.7 cm³/mol. The Balaban J connectivity index is 2.49. The summed E-state index contributed by atoms with van der Waals surface area (Å²) in [5.74, 6) is 0. The molecule has 1 heterocycles. The molecule has 0 atom stereocenters. The van der Waals surface area contributed by atoms with Crippen molar-refractivity contribution < 1.29 is 0 Å². The molecule has 7 heteroatoms. The molecular formula is C13H15N5S2. The lowest BCUT2D eigenvalue weighted by atomic mass is 10.1. The van der Waals surface area contributed by atoms with E-state index < -0.39 is 0 Å². The van der Waals surface area contributed by atoms with Crippen LogP contribution in [0.1, 0.15) is 11.1 Å². The molecular weight excluding hydrogens is 290 g/mol. The minimum absolute atomic E-state index is 0.0874. The van der Waals surface area contributed by atoms with Gasteiger partial charge in [0.25, 0.3) is 0 Å². The SMILES string of the molecule is CN/C(=C\S)c1c[nH]c2ccc(C(=N)SC(=N)N)cc12. The monoisotopic (exact) mass is 305 g/mol. The number of benzene rings is 1. The van der Waals surface area contributed by atoms with E-state index in [2.05, 4.69) is 22.9 Å². The standard InChI is InChI=1S/C13H15N5S2/c1-17-11(6-19)9-5-18-10-3-2-7(4-8(9)10)12(14)20-13(15)16/h2-6,14,17-19H,1H3,(H3,15,16)/b11-6-,14-12?. The lowest BCUT2D eigenvalue weighted by Gasteiger charge is -2.06. The minimum atomic E-state index is -0.0874. The van der Waals surface area contributed by atoms with Gasteiger partial charge < -0.3 is 16.0 Å². The lowest BCUT2D eigenvalue weighted by molar-refractivity contribution is 1.13. The largest absolute Gasteiger partial charge is 0.387 e. The first-order valence-corrected chi connectivity index (χ1v) is 7.14. The van der Waals surface area contributed by atoms with E-state index in [0.717, 1.165) is 39.5 Å². The quantitative estimate of drug-likeness (QED) is 0.298. The van der Waals surface area contributed by atoms with Crippen molar-refractivity contribution in [3.8, 4) is 0 Å². The zero-order valence-electron chi connectivity index (χ0n) is 10.8. The summed E-state index contributed by atoms with van der Waals surface area (Å²) >= 11 is 5.12. The molecule has 0 unspecified atom stereocenters. The van der Waals surface area contributed by atoms with Crippen molar-refractivity contribution >= 4 is 51.2 Å². The van der Waals surface area contributed by atoms with Crippen molar-refractivity contribution in [3.05, 3.63) is 40.9 Å². The summed E-state index contributed by atoms with van der Waals surface area (Å²) in [5, 5.41) is 21.1. The molecule has 0 aliphatic heterocycles. The molecule has 0 radical (unpaired) electrons. The summed E-state index contributed by atoms with van der Waals surface area (Å²) in [7, 11) is 1.83. The number of nitrogens with one attached hydrogen (secondary N) is 4. The summed E-state index contributed by atoms with van der Waals surface area (Å²) in [6, 6.07) is 5.66. The Morgan fingerprint density at radius 3 is 2.80 bits per heavy atom. The Hall–Kier alpha value is -1.86. The Labute approximate surface area is 126 Å². The summed E-state index contributed by atoms with van der Waals surface area (Å²) in [6.45, 7) is 0. The van der Waals surface area contributed by atoms with Gasteiger partial charge in [-0.2, -0.15) is 0 Å². The van der Waals surface area contributed by atoms with Gasteiger partial charge in [0.05, 0.1) is 0 Å². The second-order valence-electron chi connectivity index (χ2n) is 4.05. The van der Waals surface area contributed by atoms with Gasteiger partial charge in [0, 0.05) is 41.0 Å². The molecule has 0 saturated carbocycles. The van der Waals surface area contributed by atoms with Crippen LogP contribution in [0.15, 0.2) is 29.8 Å². The summed E-state index contributed by atoms with van der Waals surface area (Å²) < 4.78 is 0. The van der Waals surface area contributed by atoms with E-state index in [-0.39, 0.29) is 10.2 Å². The van der Waals surface area contributed by atoms with Gasteiger partial charge in [-0.1, -0.05) is 6.07 Å². The second-order valence-corrected chi connectivity index (χ2v) is 5.36. The van der Waals surface area contributed by atoms with Gasteiger partial charge in [-0.25, -0.2) is 0 Å². The van der Waals surface area contributed by atoms with Crippen LogP contribution in [-0.2, 0) is 0 Å². The van der Waals surface area contributed by atoms with Gasteiger partial charge in [0.15, 0.2) is 5.17 Å². The zero-order chi connectivity index (χ0) is 14.7. The molecule has 104 valence electrons. The van der Waals surface area contributed by atoms with Crippen LogP contribution in [0.2, 0.25) is 0 Å². The average Bonchev–Trinajstić information content (AvgIpc) is 2.83. The fourth-order valence-electron chi connectivity index (χ4n) is 1.92. The number of hydrogen-bond donors (Lipinski definition) is 6. The van der Waals surface area contributed by atoms with E-state index in [1.165, 1.54) is 0 Å². The fraction of sp³-hybridized carbons (Fsp3) is 0.0769. The minimum Gasteiger partial charge on any atom is -0.387 e. The first-order chi connectivity index (χ1) is 9.56. The molecule has 0 bridgehead atoms. The average molecular weight is 305 g/mol. The van der Waals surface area contributed by atoms with Gasteiger partial charge in [0.2, 0.25) is 0 Å². The molecule has 1 aromatic heterocycles. The highest BCUT2D eigenvalue weighted by molar-refractivity contribution is 8.26. The summed E-state index contributed by atoms with van der Waals surface area (Å²) in [5.41, 5.74) is 8.90. The van der Waals surface area contributed by atoms with Crippen molar-refractivity contribution in [2.24, 2.45) is 5.73 Å². The van der Waals surface area contributed by atoms with E-state index in [1.54, 1.807) is 5.41 Å². The van der Waals surface area contributed by atoms with Crippen LogP contribution in [0.4, 0.5) is 0 Å². The van der Waals surface area contributed by atoms with Crippen molar-refractivity contribution in [1.82, 2.24) is 10.3 Å². The molecule has 0 saturated heterocycles. The highest BCUT2D eigenvalue weighted by Gasteiger charge is 2.10. The Kier molecular flexibility index (Phi) is 4.41. The smallest absolute Gasteiger partial charge is 0.157 e. The number of rotatable bonds is 3. The molecule has 0 aliphatic rings. The van der Waals surface area contributed by atoms with Crippen LogP contribution < -0.4 is 11.1 Å². The number of hydrogen-bond acceptors (Lipinski definition) is 5. The van der Waals surface area contributed by atoms with Crippen LogP contribution >= 0.6 is 24.4 Å². The highest BCUT2D eigenvalue weighted by atomic mass is 32.2. The molecule has 6 N–H and O–H groups in total. The number of thiol groups is 1.